The predicted molar refractivity (Wildman–Crippen MR) is 118 cm³/mol. The predicted octanol–water partition coefficient (Wildman–Crippen LogP) is 2.65. The van der Waals surface area contributed by atoms with Gasteiger partial charge in [0.2, 0.25) is 0 Å². The van der Waals surface area contributed by atoms with Gasteiger partial charge in [-0.05, 0) is 51.3 Å². The molecule has 1 saturated carbocycles. The number of aliphatic imine (C=N–C) groups is 1. The highest BCUT2D eigenvalue weighted by molar-refractivity contribution is 5.79. The molecule has 0 unspecified atom stereocenters. The Morgan fingerprint density at radius 3 is 2.66 bits per heavy atom. The van der Waals surface area contributed by atoms with Gasteiger partial charge in [0.25, 0.3) is 0 Å². The van der Waals surface area contributed by atoms with Crippen molar-refractivity contribution in [3.8, 4) is 11.5 Å². The number of benzene rings is 1. The molecule has 0 amide bonds. The Morgan fingerprint density at radius 2 is 1.97 bits per heavy atom. The van der Waals surface area contributed by atoms with E-state index in [1.54, 1.807) is 21.3 Å². The maximum atomic E-state index is 6.28. The molecular weight excluding hydrogens is 368 g/mol. The standard InChI is InChI=1S/C22H38N4O3/c1-23-22(24-12-14-26(2)13-7-15-27-3)25-17-18-10-11-20(28-4)16-21(18)29-19-8-5-6-9-19/h10-11,16,19H,5-9,12-15,17H2,1-4H3,(H2,23,24,25). The van der Waals surface area contributed by atoms with Crippen molar-refractivity contribution in [3.63, 3.8) is 0 Å². The molecule has 2 rings (SSSR count). The second-order valence-corrected chi connectivity index (χ2v) is 7.50. The SMILES string of the molecule is CN=C(NCCN(C)CCCOC)NCc1ccc(OC)cc1OC1CCCC1. The second-order valence-electron chi connectivity index (χ2n) is 7.50. The van der Waals surface area contributed by atoms with Crippen molar-refractivity contribution < 1.29 is 14.2 Å². The third-order valence-corrected chi connectivity index (χ3v) is 5.21. The maximum Gasteiger partial charge on any atom is 0.191 e. The molecule has 7 heteroatoms. The summed E-state index contributed by atoms with van der Waals surface area (Å²) >= 11 is 0. The van der Waals surface area contributed by atoms with E-state index < -0.39 is 0 Å². The molecule has 0 saturated heterocycles. The molecule has 29 heavy (non-hydrogen) atoms. The number of rotatable bonds is 12. The van der Waals surface area contributed by atoms with Crippen LogP contribution in [0.2, 0.25) is 0 Å². The van der Waals surface area contributed by atoms with Gasteiger partial charge in [0, 0.05) is 58.6 Å². The minimum absolute atomic E-state index is 0.312. The molecule has 1 aliphatic rings. The number of likely N-dealkylation sites (N-methyl/N-ethyl adjacent to an activating group) is 1. The average molecular weight is 407 g/mol. The van der Waals surface area contributed by atoms with Gasteiger partial charge in [-0.1, -0.05) is 0 Å². The third kappa shape index (κ3) is 8.50. The molecule has 1 fully saturated rings. The summed E-state index contributed by atoms with van der Waals surface area (Å²) < 4.78 is 16.8. The molecule has 2 N–H and O–H groups in total. The summed E-state index contributed by atoms with van der Waals surface area (Å²) in [5.74, 6) is 2.51. The molecule has 0 atom stereocenters. The first-order chi connectivity index (χ1) is 14.2. The van der Waals surface area contributed by atoms with Gasteiger partial charge in [0.1, 0.15) is 11.5 Å². The number of hydrogen-bond donors (Lipinski definition) is 2. The van der Waals surface area contributed by atoms with Crippen molar-refractivity contribution in [2.75, 3.05) is 54.6 Å². The minimum atomic E-state index is 0.312. The van der Waals surface area contributed by atoms with Crippen LogP contribution in [0.3, 0.4) is 0 Å². The van der Waals surface area contributed by atoms with E-state index >= 15 is 0 Å². The summed E-state index contributed by atoms with van der Waals surface area (Å²) in [4.78, 5) is 6.62. The lowest BCUT2D eigenvalue weighted by atomic mass is 10.2. The lowest BCUT2D eigenvalue weighted by Crippen LogP contribution is -2.40. The summed E-state index contributed by atoms with van der Waals surface area (Å²) in [5, 5.41) is 6.77. The number of nitrogens with one attached hydrogen (secondary N) is 2. The van der Waals surface area contributed by atoms with Crippen LogP contribution in [0.5, 0.6) is 11.5 Å². The van der Waals surface area contributed by atoms with Gasteiger partial charge >= 0.3 is 0 Å². The van der Waals surface area contributed by atoms with Crippen molar-refractivity contribution in [1.29, 1.82) is 0 Å². The van der Waals surface area contributed by atoms with E-state index in [9.17, 15) is 0 Å². The number of ether oxygens (including phenoxy) is 3. The normalized spacial score (nSPS) is 15.0. The first-order valence-corrected chi connectivity index (χ1v) is 10.6. The van der Waals surface area contributed by atoms with E-state index in [4.69, 9.17) is 14.2 Å². The summed E-state index contributed by atoms with van der Waals surface area (Å²) in [6.45, 7) is 4.25. The Labute approximate surface area is 175 Å². The zero-order chi connectivity index (χ0) is 20.9. The Morgan fingerprint density at radius 1 is 1.17 bits per heavy atom. The highest BCUT2D eigenvalue weighted by Gasteiger charge is 2.18. The van der Waals surface area contributed by atoms with Gasteiger partial charge in [-0.3, -0.25) is 4.99 Å². The van der Waals surface area contributed by atoms with Gasteiger partial charge in [0.15, 0.2) is 5.96 Å². The van der Waals surface area contributed by atoms with E-state index in [0.717, 1.165) is 68.5 Å². The molecule has 1 aromatic carbocycles. The third-order valence-electron chi connectivity index (χ3n) is 5.21. The van der Waals surface area contributed by atoms with Gasteiger partial charge in [0.05, 0.1) is 13.2 Å². The summed E-state index contributed by atoms with van der Waals surface area (Å²) in [6.07, 6.45) is 6.11. The van der Waals surface area contributed by atoms with Crippen molar-refractivity contribution >= 4 is 5.96 Å². The van der Waals surface area contributed by atoms with Crippen LogP contribution in [0.15, 0.2) is 23.2 Å². The number of guanidine groups is 1. The van der Waals surface area contributed by atoms with Crippen LogP contribution in [0.1, 0.15) is 37.7 Å². The smallest absolute Gasteiger partial charge is 0.191 e. The van der Waals surface area contributed by atoms with Crippen molar-refractivity contribution in [1.82, 2.24) is 15.5 Å². The second kappa shape index (κ2) is 13.3. The van der Waals surface area contributed by atoms with Crippen molar-refractivity contribution in [3.05, 3.63) is 23.8 Å². The molecule has 0 aromatic heterocycles. The Kier molecular flexibility index (Phi) is 10.7. The Bertz CT molecular complexity index is 618. The molecular formula is C22H38N4O3. The maximum absolute atomic E-state index is 6.28. The molecule has 0 heterocycles. The Balaban J connectivity index is 1.83. The lowest BCUT2D eigenvalue weighted by Gasteiger charge is -2.20. The zero-order valence-corrected chi connectivity index (χ0v) is 18.5. The summed E-state index contributed by atoms with van der Waals surface area (Å²) in [6, 6.07) is 6.02. The van der Waals surface area contributed by atoms with Crippen LogP contribution in [0.4, 0.5) is 0 Å². The molecule has 164 valence electrons. The molecule has 1 aromatic rings. The molecule has 0 bridgehead atoms. The molecule has 1 aliphatic carbocycles. The van der Waals surface area contributed by atoms with Crippen molar-refractivity contribution in [2.24, 2.45) is 4.99 Å². The number of methoxy groups -OCH3 is 2. The van der Waals surface area contributed by atoms with E-state index in [1.165, 1.54) is 12.8 Å². The first-order valence-electron chi connectivity index (χ1n) is 10.6. The number of nitrogens with zero attached hydrogens (tertiary/aromatic N) is 2. The van der Waals surface area contributed by atoms with Crippen molar-refractivity contribution in [2.45, 2.75) is 44.8 Å². The highest BCUT2D eigenvalue weighted by atomic mass is 16.5. The number of hydrogen-bond acceptors (Lipinski definition) is 5. The van der Waals surface area contributed by atoms with E-state index in [2.05, 4.69) is 33.6 Å². The summed E-state index contributed by atoms with van der Waals surface area (Å²) in [5.41, 5.74) is 1.11. The molecule has 0 radical (unpaired) electrons. The van der Waals surface area contributed by atoms with Gasteiger partial charge in [-0.2, -0.15) is 0 Å². The minimum Gasteiger partial charge on any atom is -0.497 e. The van der Waals surface area contributed by atoms with Crippen LogP contribution < -0.4 is 20.1 Å². The zero-order valence-electron chi connectivity index (χ0n) is 18.5. The summed E-state index contributed by atoms with van der Waals surface area (Å²) in [7, 11) is 7.34. The monoisotopic (exact) mass is 406 g/mol. The van der Waals surface area contributed by atoms with Crippen LogP contribution in [-0.4, -0.2) is 71.5 Å². The Hall–Kier alpha value is -1.99. The van der Waals surface area contributed by atoms with Crippen LogP contribution in [-0.2, 0) is 11.3 Å². The van der Waals surface area contributed by atoms with E-state index in [0.29, 0.717) is 12.6 Å². The van der Waals surface area contributed by atoms with Gasteiger partial charge in [-0.15, -0.1) is 0 Å². The fraction of sp³-hybridized carbons (Fsp3) is 0.682. The average Bonchev–Trinajstić information content (AvgIpc) is 3.24. The lowest BCUT2D eigenvalue weighted by molar-refractivity contribution is 0.180. The molecule has 0 aliphatic heterocycles. The largest absolute Gasteiger partial charge is 0.497 e. The van der Waals surface area contributed by atoms with E-state index in [1.807, 2.05) is 12.1 Å². The molecule has 0 spiro atoms. The van der Waals surface area contributed by atoms with Gasteiger partial charge < -0.3 is 29.7 Å². The highest BCUT2D eigenvalue weighted by Crippen LogP contribution is 2.29. The fourth-order valence-electron chi connectivity index (χ4n) is 3.46. The quantitative estimate of drug-likeness (QED) is 0.316. The van der Waals surface area contributed by atoms with E-state index in [-0.39, 0.29) is 0 Å². The van der Waals surface area contributed by atoms with Gasteiger partial charge in [-0.25, -0.2) is 0 Å². The topological polar surface area (TPSA) is 67.4 Å². The molecule has 7 nitrogen and oxygen atoms in total. The first kappa shape index (κ1) is 23.3. The van der Waals surface area contributed by atoms with Crippen LogP contribution in [0, 0.1) is 0 Å². The van der Waals surface area contributed by atoms with Crippen LogP contribution >= 0.6 is 0 Å². The fourth-order valence-corrected chi connectivity index (χ4v) is 3.46. The van der Waals surface area contributed by atoms with Crippen LogP contribution in [0.25, 0.3) is 0 Å².